The molecule has 1 aromatic carbocycles. The Kier molecular flexibility index (Phi) is 6.20. The predicted octanol–water partition coefficient (Wildman–Crippen LogP) is 3.47. The summed E-state index contributed by atoms with van der Waals surface area (Å²) in [7, 11) is 2.03. The van der Waals surface area contributed by atoms with E-state index in [0.29, 0.717) is 16.5 Å². The van der Waals surface area contributed by atoms with E-state index in [1.54, 1.807) is 6.33 Å². The van der Waals surface area contributed by atoms with Gasteiger partial charge < -0.3 is 15.2 Å². The molecule has 0 radical (unpaired) electrons. The van der Waals surface area contributed by atoms with Crippen LogP contribution in [0, 0.1) is 12.1 Å². The number of anilines is 2. The number of hydrogen-bond acceptors (Lipinski definition) is 7. The molecule has 5 heterocycles. The van der Waals surface area contributed by atoms with E-state index in [4.69, 9.17) is 11.6 Å². The highest BCUT2D eigenvalue weighted by Crippen LogP contribution is 2.38. The molecule has 1 aliphatic heterocycles. The van der Waals surface area contributed by atoms with Gasteiger partial charge in [0.25, 0.3) is 0 Å². The SMILES string of the molecule is CC(Nc1ncnc2nc[nH]c12)c1cc(Cl)c2c#cc[n+](C)c2c1N1CCN(Cc2ccncc2)CC1. The van der Waals surface area contributed by atoms with Crippen molar-refractivity contribution in [3.05, 3.63) is 77.7 Å². The van der Waals surface area contributed by atoms with Crippen LogP contribution in [-0.2, 0) is 13.6 Å². The van der Waals surface area contributed by atoms with Gasteiger partial charge in [-0.1, -0.05) is 11.6 Å². The summed E-state index contributed by atoms with van der Waals surface area (Å²) in [5.74, 6) is 0.705. The van der Waals surface area contributed by atoms with Gasteiger partial charge in [0.2, 0.25) is 11.7 Å². The largest absolute Gasteiger partial charge is 0.363 e. The minimum absolute atomic E-state index is 0.0858. The molecule has 0 aliphatic carbocycles. The third kappa shape index (κ3) is 4.50. The van der Waals surface area contributed by atoms with Gasteiger partial charge in [0.05, 0.1) is 17.4 Å². The second kappa shape index (κ2) is 9.81. The van der Waals surface area contributed by atoms with E-state index in [1.165, 1.54) is 11.9 Å². The lowest BCUT2D eigenvalue weighted by Crippen LogP contribution is -2.47. The minimum Gasteiger partial charge on any atom is -0.363 e. The van der Waals surface area contributed by atoms with Gasteiger partial charge in [-0.3, -0.25) is 9.88 Å². The fraction of sp³-hybridized carbons (Fsp3) is 0.296. The monoisotopic (exact) mass is 512 g/mol. The normalized spacial score (nSPS) is 15.2. The molecule has 9 nitrogen and oxygen atoms in total. The summed E-state index contributed by atoms with van der Waals surface area (Å²) in [5.41, 5.74) is 5.99. The maximum atomic E-state index is 6.82. The van der Waals surface area contributed by atoms with Crippen molar-refractivity contribution in [2.24, 2.45) is 7.05 Å². The first-order chi connectivity index (χ1) is 18.1. The lowest BCUT2D eigenvalue weighted by molar-refractivity contribution is -0.644. The molecular formula is C27H27ClN9+. The Morgan fingerprint density at radius 2 is 1.97 bits per heavy atom. The van der Waals surface area contributed by atoms with Crippen LogP contribution in [0.1, 0.15) is 24.1 Å². The van der Waals surface area contributed by atoms with E-state index >= 15 is 0 Å². The van der Waals surface area contributed by atoms with Gasteiger partial charge in [0.15, 0.2) is 11.5 Å². The van der Waals surface area contributed by atoms with Gasteiger partial charge >= 0.3 is 0 Å². The Balaban J connectivity index is 1.35. The number of aromatic nitrogens is 6. The highest BCUT2D eigenvalue weighted by atomic mass is 35.5. The van der Waals surface area contributed by atoms with E-state index in [9.17, 15) is 0 Å². The van der Waals surface area contributed by atoms with Crippen molar-refractivity contribution in [3.8, 4) is 0 Å². The second-order valence-electron chi connectivity index (χ2n) is 9.34. The van der Waals surface area contributed by atoms with Crippen LogP contribution in [0.25, 0.3) is 22.1 Å². The maximum absolute atomic E-state index is 6.82. The molecule has 0 amide bonds. The number of H-pyrrole nitrogens is 1. The van der Waals surface area contributed by atoms with Crippen LogP contribution in [0.5, 0.6) is 0 Å². The van der Waals surface area contributed by atoms with Gasteiger partial charge in [0.1, 0.15) is 30.0 Å². The van der Waals surface area contributed by atoms with Crippen LogP contribution >= 0.6 is 11.6 Å². The molecular weight excluding hydrogens is 486 g/mol. The number of pyridine rings is 1. The highest BCUT2D eigenvalue weighted by molar-refractivity contribution is 6.35. The molecule has 0 bridgehead atoms. The summed E-state index contributed by atoms with van der Waals surface area (Å²) >= 11 is 6.82. The molecule has 2 N–H and O–H groups in total. The Labute approximate surface area is 220 Å². The van der Waals surface area contributed by atoms with Gasteiger partial charge in [-0.2, -0.15) is 4.57 Å². The van der Waals surface area contributed by atoms with E-state index in [-0.39, 0.29) is 6.04 Å². The number of aryl methyl sites for hydroxylation is 1. The van der Waals surface area contributed by atoms with Crippen LogP contribution in [0.2, 0.25) is 5.02 Å². The fourth-order valence-electron chi connectivity index (χ4n) is 5.07. The topological polar surface area (TPSA) is 89.7 Å². The molecule has 10 heteroatoms. The Hall–Kier alpha value is -4.00. The van der Waals surface area contributed by atoms with Crippen molar-refractivity contribution in [1.29, 1.82) is 0 Å². The Bertz CT molecular complexity index is 1540. The number of halogens is 1. The zero-order valence-corrected chi connectivity index (χ0v) is 21.5. The first kappa shape index (κ1) is 23.4. The molecule has 5 aromatic rings. The highest BCUT2D eigenvalue weighted by Gasteiger charge is 2.29. The summed E-state index contributed by atoms with van der Waals surface area (Å²) in [6.07, 6.45) is 8.77. The molecule has 1 unspecified atom stereocenters. The summed E-state index contributed by atoms with van der Waals surface area (Å²) in [6.45, 7) is 6.77. The van der Waals surface area contributed by atoms with E-state index in [2.05, 4.69) is 81.9 Å². The van der Waals surface area contributed by atoms with Crippen LogP contribution < -0.4 is 14.8 Å². The second-order valence-corrected chi connectivity index (χ2v) is 9.74. The fourth-order valence-corrected chi connectivity index (χ4v) is 5.32. The first-order valence-electron chi connectivity index (χ1n) is 12.3. The molecule has 186 valence electrons. The van der Waals surface area contributed by atoms with Crippen LogP contribution in [0.4, 0.5) is 11.5 Å². The molecule has 1 aliphatic rings. The molecule has 1 atom stereocenters. The number of nitrogens with one attached hydrogen (secondary N) is 2. The van der Waals surface area contributed by atoms with Crippen LogP contribution in [-0.4, -0.2) is 56.0 Å². The molecule has 4 aromatic heterocycles. The van der Waals surface area contributed by atoms with Crippen molar-refractivity contribution in [1.82, 2.24) is 29.8 Å². The smallest absolute Gasteiger partial charge is 0.246 e. The Morgan fingerprint density at radius 1 is 1.16 bits per heavy atom. The van der Waals surface area contributed by atoms with E-state index in [0.717, 1.165) is 60.4 Å². The third-order valence-electron chi connectivity index (χ3n) is 6.95. The Morgan fingerprint density at radius 3 is 2.78 bits per heavy atom. The van der Waals surface area contributed by atoms with Crippen molar-refractivity contribution in [2.45, 2.75) is 19.5 Å². The molecule has 37 heavy (non-hydrogen) atoms. The average molecular weight is 513 g/mol. The summed E-state index contributed by atoms with van der Waals surface area (Å²) in [4.78, 5) is 25.2. The number of piperazine rings is 1. The summed E-state index contributed by atoms with van der Waals surface area (Å²) in [5, 5.41) is 5.09. The van der Waals surface area contributed by atoms with Gasteiger partial charge in [-0.15, -0.1) is 0 Å². The van der Waals surface area contributed by atoms with Crippen molar-refractivity contribution < 1.29 is 4.57 Å². The number of hydrogen-bond donors (Lipinski definition) is 2. The quantitative estimate of drug-likeness (QED) is 0.337. The molecule has 0 saturated carbocycles. The molecule has 1 saturated heterocycles. The van der Waals surface area contributed by atoms with E-state index < -0.39 is 0 Å². The molecule has 0 spiro atoms. The van der Waals surface area contributed by atoms with Gasteiger partial charge in [-0.05, 0) is 42.8 Å². The number of imidazole rings is 1. The van der Waals surface area contributed by atoms with Crippen molar-refractivity contribution >= 4 is 45.2 Å². The van der Waals surface area contributed by atoms with Crippen molar-refractivity contribution in [2.75, 3.05) is 36.4 Å². The lowest BCUT2D eigenvalue weighted by Gasteiger charge is -2.37. The van der Waals surface area contributed by atoms with Crippen LogP contribution in [0.15, 0.2) is 49.4 Å². The van der Waals surface area contributed by atoms with Crippen molar-refractivity contribution in [3.63, 3.8) is 0 Å². The number of benzene rings is 1. The zero-order chi connectivity index (χ0) is 25.4. The lowest BCUT2D eigenvalue weighted by atomic mass is 10.0. The molecule has 1 fully saturated rings. The first-order valence-corrected chi connectivity index (χ1v) is 12.7. The standard InChI is InChI=1S/C27H27ClN9/c1-18(34-27-23-26(31-16-30-23)32-17-33-27)21-14-22(28)20-4-3-9-35(2)24(20)25(21)37-12-10-36(11-13-37)15-19-5-7-29-8-6-19/h5-9,14,16-18H,10-13,15H2,1-2H3,(H2,30,31,32,33,34)/q+1. The summed E-state index contributed by atoms with van der Waals surface area (Å²) in [6, 6.07) is 12.5. The minimum atomic E-state index is -0.0858. The number of rotatable bonds is 6. The predicted molar refractivity (Wildman–Crippen MR) is 143 cm³/mol. The van der Waals surface area contributed by atoms with Crippen LogP contribution in [0.3, 0.4) is 0 Å². The van der Waals surface area contributed by atoms with Gasteiger partial charge in [-0.25, -0.2) is 15.0 Å². The van der Waals surface area contributed by atoms with Gasteiger partial charge in [0, 0.05) is 50.7 Å². The maximum Gasteiger partial charge on any atom is 0.246 e. The number of aromatic amines is 1. The average Bonchev–Trinajstić information content (AvgIpc) is 3.40. The third-order valence-corrected chi connectivity index (χ3v) is 7.25. The number of nitrogens with zero attached hydrogens (tertiary/aromatic N) is 7. The summed E-state index contributed by atoms with van der Waals surface area (Å²) < 4.78 is 2.09. The molecule has 6 rings (SSSR count). The zero-order valence-electron chi connectivity index (χ0n) is 20.7. The number of fused-ring (bicyclic) bond motifs is 2. The van der Waals surface area contributed by atoms with E-state index in [1.807, 2.05) is 25.6 Å².